The van der Waals surface area contributed by atoms with Gasteiger partial charge < -0.3 is 0 Å². The van der Waals surface area contributed by atoms with Crippen LogP contribution in [0, 0.1) is 11.6 Å². The van der Waals surface area contributed by atoms with Gasteiger partial charge in [-0.25, -0.2) is 8.78 Å². The van der Waals surface area contributed by atoms with Crippen LogP contribution in [-0.2, 0) is 0 Å². The molecule has 0 atom stereocenters. The number of hydrogen-bond acceptors (Lipinski definition) is 1. The van der Waals surface area contributed by atoms with Crippen molar-refractivity contribution in [2.45, 2.75) is 4.90 Å². The molecule has 0 nitrogen and oxygen atoms in total. The van der Waals surface area contributed by atoms with Gasteiger partial charge in [-0.3, -0.25) is 0 Å². The molecule has 12 heavy (non-hydrogen) atoms. The van der Waals surface area contributed by atoms with Crippen molar-refractivity contribution in [1.29, 1.82) is 0 Å². The van der Waals surface area contributed by atoms with Crippen LogP contribution in [0.3, 0.4) is 0 Å². The highest BCUT2D eigenvalue weighted by Crippen LogP contribution is 2.22. The molecule has 0 radical (unpaired) electrons. The lowest BCUT2D eigenvalue weighted by Gasteiger charge is -2.00. The van der Waals surface area contributed by atoms with Crippen molar-refractivity contribution in [3.8, 4) is 0 Å². The Labute approximate surface area is 82.5 Å². The number of thioether (sulfide) groups is 1. The largest absolute Gasteiger partial charge is 0.207 e. The topological polar surface area (TPSA) is 0 Å². The molecular weight excluding hydrogens is 246 g/mol. The van der Waals surface area contributed by atoms with E-state index < -0.39 is 5.82 Å². The zero-order valence-corrected chi connectivity index (χ0v) is 8.59. The van der Waals surface area contributed by atoms with Crippen molar-refractivity contribution in [1.82, 2.24) is 0 Å². The normalized spacial score (nSPS) is 10.2. The van der Waals surface area contributed by atoms with Crippen LogP contribution in [0.15, 0.2) is 23.1 Å². The van der Waals surface area contributed by atoms with Gasteiger partial charge in [0.25, 0.3) is 0 Å². The third kappa shape index (κ3) is 2.75. The van der Waals surface area contributed by atoms with Crippen molar-refractivity contribution < 1.29 is 8.78 Å². The van der Waals surface area contributed by atoms with E-state index in [1.54, 1.807) is 0 Å². The van der Waals surface area contributed by atoms with E-state index in [1.165, 1.54) is 17.8 Å². The summed E-state index contributed by atoms with van der Waals surface area (Å²) in [5.74, 6) is -0.0174. The Morgan fingerprint density at radius 1 is 1.33 bits per heavy atom. The standard InChI is InChI=1S/C8H7BrF2S/c9-3-4-12-8-5-6(10)1-2-7(8)11/h1-2,5H,3-4H2. The lowest BCUT2D eigenvalue weighted by molar-refractivity contribution is 0.577. The molecule has 0 N–H and O–H groups in total. The summed E-state index contributed by atoms with van der Waals surface area (Å²) in [6, 6.07) is 3.47. The Hall–Kier alpha value is -0.0900. The molecule has 0 saturated heterocycles. The van der Waals surface area contributed by atoms with Crippen LogP contribution < -0.4 is 0 Å². The molecule has 0 aliphatic rings. The van der Waals surface area contributed by atoms with Crippen LogP contribution >= 0.6 is 27.7 Å². The van der Waals surface area contributed by atoms with Crippen LogP contribution in [0.4, 0.5) is 8.78 Å². The minimum absolute atomic E-state index is 0.359. The summed E-state index contributed by atoms with van der Waals surface area (Å²) in [7, 11) is 0. The second-order valence-corrected chi connectivity index (χ2v) is 4.04. The van der Waals surface area contributed by atoms with E-state index in [0.717, 1.165) is 23.2 Å². The first kappa shape index (κ1) is 9.99. The maximum atomic E-state index is 12.9. The first-order chi connectivity index (χ1) is 5.74. The number of halogens is 3. The highest BCUT2D eigenvalue weighted by atomic mass is 79.9. The van der Waals surface area contributed by atoms with Crippen molar-refractivity contribution in [3.63, 3.8) is 0 Å². The van der Waals surface area contributed by atoms with E-state index in [0.29, 0.717) is 4.90 Å². The van der Waals surface area contributed by atoms with Crippen LogP contribution in [0.5, 0.6) is 0 Å². The highest BCUT2D eigenvalue weighted by molar-refractivity contribution is 9.09. The number of rotatable bonds is 3. The fourth-order valence-electron chi connectivity index (χ4n) is 0.736. The second kappa shape index (κ2) is 4.82. The van der Waals surface area contributed by atoms with Gasteiger partial charge in [0.2, 0.25) is 0 Å². The van der Waals surface area contributed by atoms with E-state index in [9.17, 15) is 8.78 Å². The van der Waals surface area contributed by atoms with Crippen LogP contribution in [0.25, 0.3) is 0 Å². The van der Waals surface area contributed by atoms with Gasteiger partial charge in [-0.2, -0.15) is 0 Å². The molecule has 1 aromatic carbocycles. The molecule has 0 amide bonds. The predicted molar refractivity (Wildman–Crippen MR) is 50.9 cm³/mol. The molecule has 1 rings (SSSR count). The fraction of sp³-hybridized carbons (Fsp3) is 0.250. The third-order valence-electron chi connectivity index (χ3n) is 1.23. The first-order valence-electron chi connectivity index (χ1n) is 3.38. The number of hydrogen-bond donors (Lipinski definition) is 0. The van der Waals surface area contributed by atoms with Crippen molar-refractivity contribution >= 4 is 27.7 Å². The van der Waals surface area contributed by atoms with Gasteiger partial charge in [0.15, 0.2) is 0 Å². The molecule has 0 aliphatic carbocycles. The van der Waals surface area contributed by atoms with Gasteiger partial charge in [-0.05, 0) is 18.2 Å². The van der Waals surface area contributed by atoms with Gasteiger partial charge in [0.1, 0.15) is 11.6 Å². The van der Waals surface area contributed by atoms with Gasteiger partial charge in [-0.1, -0.05) is 15.9 Å². The smallest absolute Gasteiger partial charge is 0.136 e. The lowest BCUT2D eigenvalue weighted by atomic mass is 10.3. The zero-order valence-electron chi connectivity index (χ0n) is 6.19. The second-order valence-electron chi connectivity index (χ2n) is 2.11. The molecular formula is C8H7BrF2S. The predicted octanol–water partition coefficient (Wildman–Crippen LogP) is 3.45. The number of alkyl halides is 1. The molecule has 0 spiro atoms. The SMILES string of the molecule is Fc1ccc(F)c(SCCBr)c1. The molecule has 0 fully saturated rings. The molecule has 66 valence electrons. The molecule has 0 aromatic heterocycles. The van der Waals surface area contributed by atoms with Crippen LogP contribution in [-0.4, -0.2) is 11.1 Å². The summed E-state index contributed by atoms with van der Waals surface area (Å²) in [6.07, 6.45) is 0. The van der Waals surface area contributed by atoms with E-state index in [4.69, 9.17) is 0 Å². The average Bonchev–Trinajstić information content (AvgIpc) is 2.07. The third-order valence-corrected chi connectivity index (χ3v) is 3.18. The van der Waals surface area contributed by atoms with E-state index in [-0.39, 0.29) is 5.82 Å². The minimum Gasteiger partial charge on any atom is -0.207 e. The van der Waals surface area contributed by atoms with E-state index in [1.807, 2.05) is 0 Å². The monoisotopic (exact) mass is 252 g/mol. The summed E-state index contributed by atoms with van der Waals surface area (Å²) >= 11 is 4.51. The Kier molecular flexibility index (Phi) is 4.01. The van der Waals surface area contributed by atoms with Gasteiger partial charge in [0, 0.05) is 16.0 Å². The van der Waals surface area contributed by atoms with Gasteiger partial charge >= 0.3 is 0 Å². The Bertz CT molecular complexity index is 265. The van der Waals surface area contributed by atoms with Crippen molar-refractivity contribution in [2.24, 2.45) is 0 Å². The molecule has 4 heteroatoms. The van der Waals surface area contributed by atoms with Crippen LogP contribution in [0.1, 0.15) is 0 Å². The Balaban J connectivity index is 2.75. The van der Waals surface area contributed by atoms with Crippen molar-refractivity contribution in [3.05, 3.63) is 29.8 Å². The Morgan fingerprint density at radius 2 is 2.08 bits per heavy atom. The van der Waals surface area contributed by atoms with Gasteiger partial charge in [0.05, 0.1) is 0 Å². The quantitative estimate of drug-likeness (QED) is 0.587. The summed E-state index contributed by atoms with van der Waals surface area (Å²) in [5, 5.41) is 0.771. The fourth-order valence-corrected chi connectivity index (χ4v) is 1.92. The lowest BCUT2D eigenvalue weighted by Crippen LogP contribution is -1.85. The van der Waals surface area contributed by atoms with E-state index >= 15 is 0 Å². The summed E-state index contributed by atoms with van der Waals surface area (Å²) in [5.41, 5.74) is 0. The Morgan fingerprint density at radius 3 is 2.75 bits per heavy atom. The molecule has 1 aromatic rings. The van der Waals surface area contributed by atoms with Crippen LogP contribution in [0.2, 0.25) is 0 Å². The number of benzene rings is 1. The summed E-state index contributed by atoms with van der Waals surface area (Å²) < 4.78 is 25.5. The van der Waals surface area contributed by atoms with Crippen molar-refractivity contribution in [2.75, 3.05) is 11.1 Å². The molecule has 0 unspecified atom stereocenters. The average molecular weight is 253 g/mol. The summed E-state index contributed by atoms with van der Waals surface area (Å²) in [6.45, 7) is 0. The van der Waals surface area contributed by atoms with E-state index in [2.05, 4.69) is 15.9 Å². The summed E-state index contributed by atoms with van der Waals surface area (Å²) in [4.78, 5) is 0.370. The first-order valence-corrected chi connectivity index (χ1v) is 5.48. The maximum Gasteiger partial charge on any atom is 0.136 e. The molecule has 0 bridgehead atoms. The highest BCUT2D eigenvalue weighted by Gasteiger charge is 2.02. The van der Waals surface area contributed by atoms with Gasteiger partial charge in [-0.15, -0.1) is 11.8 Å². The minimum atomic E-state index is -0.395. The zero-order chi connectivity index (χ0) is 8.97. The molecule has 0 aliphatic heterocycles. The molecule has 0 heterocycles. The molecule has 0 saturated carbocycles. The maximum absolute atomic E-state index is 12.9.